The summed E-state index contributed by atoms with van der Waals surface area (Å²) in [6, 6.07) is 3.79. The van der Waals surface area contributed by atoms with Gasteiger partial charge in [0.05, 0.1) is 12.6 Å². The molecule has 0 bridgehead atoms. The Morgan fingerprint density at radius 1 is 1.27 bits per heavy atom. The SMILES string of the molecule is COc1cc2c(Cl)ncnc2cc1OCC(CN(C)C(C)C)OC(C)=O. The molecule has 0 saturated heterocycles. The van der Waals surface area contributed by atoms with Crippen LogP contribution in [0.5, 0.6) is 11.5 Å². The molecule has 0 aliphatic heterocycles. The molecule has 2 rings (SSSR count). The smallest absolute Gasteiger partial charge is 0.303 e. The second-order valence-corrected chi connectivity index (χ2v) is 6.62. The average molecular weight is 382 g/mol. The summed E-state index contributed by atoms with van der Waals surface area (Å²) in [5.41, 5.74) is 0.643. The van der Waals surface area contributed by atoms with Crippen molar-refractivity contribution in [2.75, 3.05) is 27.3 Å². The standard InChI is InChI=1S/C18H24ClN3O4/c1-11(2)22(4)8-13(26-12(3)23)9-25-17-7-15-14(6-16(17)24-5)18(19)21-10-20-15/h6-7,10-11,13H,8-9H2,1-5H3. The summed E-state index contributed by atoms with van der Waals surface area (Å²) in [5, 5.41) is 1.02. The van der Waals surface area contributed by atoms with E-state index in [1.165, 1.54) is 13.3 Å². The van der Waals surface area contributed by atoms with Crippen molar-refractivity contribution < 1.29 is 19.0 Å². The van der Waals surface area contributed by atoms with E-state index >= 15 is 0 Å². The van der Waals surface area contributed by atoms with Crippen molar-refractivity contribution in [3.63, 3.8) is 0 Å². The van der Waals surface area contributed by atoms with Crippen LogP contribution in [-0.4, -0.2) is 60.3 Å². The van der Waals surface area contributed by atoms with E-state index in [1.807, 2.05) is 7.05 Å². The highest BCUT2D eigenvalue weighted by Crippen LogP contribution is 2.33. The number of hydrogen-bond donors (Lipinski definition) is 0. The van der Waals surface area contributed by atoms with E-state index in [0.717, 1.165) is 0 Å². The zero-order valence-electron chi connectivity index (χ0n) is 15.7. The Morgan fingerprint density at radius 3 is 2.62 bits per heavy atom. The third-order valence-electron chi connectivity index (χ3n) is 4.00. The number of halogens is 1. The van der Waals surface area contributed by atoms with E-state index in [9.17, 15) is 4.79 Å². The predicted molar refractivity (Wildman–Crippen MR) is 99.9 cm³/mol. The molecule has 142 valence electrons. The fourth-order valence-corrected chi connectivity index (χ4v) is 2.57. The van der Waals surface area contributed by atoms with E-state index in [-0.39, 0.29) is 12.6 Å². The number of rotatable bonds is 8. The number of ether oxygens (including phenoxy) is 3. The van der Waals surface area contributed by atoms with Crippen molar-refractivity contribution >= 4 is 28.5 Å². The van der Waals surface area contributed by atoms with Gasteiger partial charge in [0, 0.05) is 31.0 Å². The lowest BCUT2D eigenvalue weighted by Gasteiger charge is -2.26. The van der Waals surface area contributed by atoms with Gasteiger partial charge in [0.15, 0.2) is 11.5 Å². The van der Waals surface area contributed by atoms with Crippen molar-refractivity contribution in [1.29, 1.82) is 0 Å². The highest BCUT2D eigenvalue weighted by molar-refractivity contribution is 6.34. The molecule has 8 heteroatoms. The minimum absolute atomic E-state index is 0.192. The first-order chi connectivity index (χ1) is 12.3. The Balaban J connectivity index is 2.20. The van der Waals surface area contributed by atoms with Crippen LogP contribution in [0.4, 0.5) is 0 Å². The van der Waals surface area contributed by atoms with Crippen molar-refractivity contribution in [1.82, 2.24) is 14.9 Å². The van der Waals surface area contributed by atoms with Gasteiger partial charge in [-0.25, -0.2) is 9.97 Å². The average Bonchev–Trinajstić information content (AvgIpc) is 2.58. The third-order valence-corrected chi connectivity index (χ3v) is 4.30. The van der Waals surface area contributed by atoms with E-state index in [2.05, 4.69) is 28.7 Å². The van der Waals surface area contributed by atoms with Gasteiger partial charge in [0.1, 0.15) is 24.2 Å². The molecule has 0 N–H and O–H groups in total. The molecular formula is C18H24ClN3O4. The third kappa shape index (κ3) is 5.19. The van der Waals surface area contributed by atoms with E-state index in [1.54, 1.807) is 19.2 Å². The van der Waals surface area contributed by atoms with Gasteiger partial charge in [-0.3, -0.25) is 4.79 Å². The molecule has 0 fully saturated rings. The molecule has 1 atom stereocenters. The number of carbonyl (C=O) groups excluding carboxylic acids is 1. The summed E-state index contributed by atoms with van der Waals surface area (Å²) >= 11 is 6.10. The van der Waals surface area contributed by atoms with Crippen LogP contribution in [-0.2, 0) is 9.53 Å². The molecule has 2 aromatic rings. The highest BCUT2D eigenvalue weighted by Gasteiger charge is 2.19. The Hall–Kier alpha value is -2.12. The molecule has 1 aromatic carbocycles. The van der Waals surface area contributed by atoms with Crippen LogP contribution in [0.2, 0.25) is 5.15 Å². The summed E-state index contributed by atoms with van der Waals surface area (Å²) in [4.78, 5) is 21.6. The molecule has 0 amide bonds. The maximum absolute atomic E-state index is 11.4. The number of methoxy groups -OCH3 is 1. The van der Waals surface area contributed by atoms with Gasteiger partial charge in [-0.1, -0.05) is 11.6 Å². The molecule has 0 aliphatic carbocycles. The van der Waals surface area contributed by atoms with Crippen LogP contribution in [0, 0.1) is 0 Å². The van der Waals surface area contributed by atoms with Gasteiger partial charge in [-0.15, -0.1) is 0 Å². The molecule has 0 saturated carbocycles. The normalized spacial score (nSPS) is 12.5. The number of esters is 1. The number of hydrogen-bond acceptors (Lipinski definition) is 7. The molecule has 26 heavy (non-hydrogen) atoms. The predicted octanol–water partition coefficient (Wildman–Crippen LogP) is 2.94. The van der Waals surface area contributed by atoms with Gasteiger partial charge in [0.25, 0.3) is 0 Å². The summed E-state index contributed by atoms with van der Waals surface area (Å²) < 4.78 is 16.7. The summed E-state index contributed by atoms with van der Waals surface area (Å²) in [6.07, 6.45) is 0.981. The maximum Gasteiger partial charge on any atom is 0.303 e. The van der Waals surface area contributed by atoms with Crippen LogP contribution in [0.1, 0.15) is 20.8 Å². The lowest BCUT2D eigenvalue weighted by atomic mass is 10.2. The van der Waals surface area contributed by atoms with Gasteiger partial charge >= 0.3 is 5.97 Å². The van der Waals surface area contributed by atoms with Gasteiger partial charge in [-0.05, 0) is 27.0 Å². The highest BCUT2D eigenvalue weighted by atomic mass is 35.5. The second-order valence-electron chi connectivity index (χ2n) is 6.26. The topological polar surface area (TPSA) is 73.8 Å². The number of fused-ring (bicyclic) bond motifs is 1. The van der Waals surface area contributed by atoms with E-state index in [4.69, 9.17) is 25.8 Å². The molecule has 1 heterocycles. The number of nitrogens with zero attached hydrogens (tertiary/aromatic N) is 3. The molecule has 0 radical (unpaired) electrons. The van der Waals surface area contributed by atoms with Crippen LogP contribution >= 0.6 is 11.6 Å². The Labute approximate surface area is 158 Å². The van der Waals surface area contributed by atoms with Crippen molar-refractivity contribution in [3.05, 3.63) is 23.6 Å². The minimum Gasteiger partial charge on any atom is -0.493 e. The van der Waals surface area contributed by atoms with Crippen molar-refractivity contribution in [2.24, 2.45) is 0 Å². The number of aromatic nitrogens is 2. The number of carbonyl (C=O) groups is 1. The summed E-state index contributed by atoms with van der Waals surface area (Å²) in [7, 11) is 3.51. The first-order valence-electron chi connectivity index (χ1n) is 8.30. The van der Waals surface area contributed by atoms with E-state index in [0.29, 0.717) is 40.1 Å². The van der Waals surface area contributed by atoms with Gasteiger partial charge in [0.2, 0.25) is 0 Å². The van der Waals surface area contributed by atoms with Crippen LogP contribution in [0.15, 0.2) is 18.5 Å². The molecule has 1 unspecified atom stereocenters. The zero-order chi connectivity index (χ0) is 19.3. The molecule has 7 nitrogen and oxygen atoms in total. The lowest BCUT2D eigenvalue weighted by Crippen LogP contribution is -2.39. The molecular weight excluding hydrogens is 358 g/mol. The van der Waals surface area contributed by atoms with Gasteiger partial charge < -0.3 is 19.1 Å². The quantitative estimate of drug-likeness (QED) is 0.514. The first kappa shape index (κ1) is 20.2. The summed E-state index contributed by atoms with van der Waals surface area (Å²) in [5.74, 6) is 0.660. The summed E-state index contributed by atoms with van der Waals surface area (Å²) in [6.45, 7) is 6.28. The molecule has 0 spiro atoms. The van der Waals surface area contributed by atoms with E-state index < -0.39 is 6.10 Å². The first-order valence-corrected chi connectivity index (χ1v) is 8.68. The fourth-order valence-electron chi connectivity index (χ4n) is 2.38. The Morgan fingerprint density at radius 2 is 2.00 bits per heavy atom. The maximum atomic E-state index is 11.4. The van der Waals surface area contributed by atoms with Crippen LogP contribution < -0.4 is 9.47 Å². The van der Waals surface area contributed by atoms with Gasteiger partial charge in [-0.2, -0.15) is 0 Å². The largest absolute Gasteiger partial charge is 0.493 e. The Kier molecular flexibility index (Phi) is 6.99. The van der Waals surface area contributed by atoms with Crippen molar-refractivity contribution in [2.45, 2.75) is 32.9 Å². The number of likely N-dealkylation sites (N-methyl/N-ethyl adjacent to an activating group) is 1. The Bertz CT molecular complexity index is 769. The van der Waals surface area contributed by atoms with Crippen LogP contribution in [0.25, 0.3) is 10.9 Å². The molecule has 1 aromatic heterocycles. The zero-order valence-corrected chi connectivity index (χ0v) is 16.4. The lowest BCUT2D eigenvalue weighted by molar-refractivity contribution is -0.148. The fraction of sp³-hybridized carbons (Fsp3) is 0.500. The van der Waals surface area contributed by atoms with Crippen molar-refractivity contribution in [3.8, 4) is 11.5 Å². The second kappa shape index (κ2) is 9.00. The monoisotopic (exact) mass is 381 g/mol. The number of benzene rings is 1. The van der Waals surface area contributed by atoms with Crippen LogP contribution in [0.3, 0.4) is 0 Å². The minimum atomic E-state index is -0.408. The molecule has 0 aliphatic rings.